The van der Waals surface area contributed by atoms with E-state index in [1.54, 1.807) is 0 Å². The Morgan fingerprint density at radius 1 is 1.13 bits per heavy atom. The van der Waals surface area contributed by atoms with E-state index >= 15 is 0 Å². The topological polar surface area (TPSA) is 60.0 Å². The maximum Gasteiger partial charge on any atom is 0.224 e. The molecular weight excluding hydrogens is 290 g/mol. The first-order valence-corrected chi connectivity index (χ1v) is 9.23. The summed E-state index contributed by atoms with van der Waals surface area (Å²) in [5.41, 5.74) is 0. The third kappa shape index (κ3) is 8.21. The van der Waals surface area contributed by atoms with Gasteiger partial charge in [-0.05, 0) is 59.7 Å². The highest BCUT2D eigenvalue weighted by Gasteiger charge is 2.10. The molecule has 0 unspecified atom stereocenters. The lowest BCUT2D eigenvalue weighted by Crippen LogP contribution is -2.40. The van der Waals surface area contributed by atoms with Gasteiger partial charge in [0.05, 0.1) is 0 Å². The van der Waals surface area contributed by atoms with Crippen molar-refractivity contribution >= 4 is 11.9 Å². The highest BCUT2D eigenvalue weighted by molar-refractivity contribution is 5.81. The van der Waals surface area contributed by atoms with E-state index in [9.17, 15) is 4.79 Å². The second kappa shape index (κ2) is 12.2. The van der Waals surface area contributed by atoms with Gasteiger partial charge in [-0.3, -0.25) is 9.79 Å². The van der Waals surface area contributed by atoms with Crippen molar-refractivity contribution in [3.8, 4) is 0 Å². The van der Waals surface area contributed by atoms with Crippen molar-refractivity contribution < 1.29 is 4.79 Å². The lowest BCUT2D eigenvalue weighted by Gasteiger charge is -2.19. The number of carbonyl (C=O) groups is 1. The van der Waals surface area contributed by atoms with Crippen molar-refractivity contribution in [2.24, 2.45) is 4.99 Å². The van der Waals surface area contributed by atoms with Gasteiger partial charge in [-0.25, -0.2) is 0 Å². The molecule has 1 saturated heterocycles. The second-order valence-electron chi connectivity index (χ2n) is 5.91. The van der Waals surface area contributed by atoms with Gasteiger partial charge in [0.25, 0.3) is 0 Å². The molecule has 0 radical (unpaired) electrons. The summed E-state index contributed by atoms with van der Waals surface area (Å²) in [6, 6.07) is 0. The van der Waals surface area contributed by atoms with Crippen molar-refractivity contribution in [2.75, 3.05) is 52.4 Å². The van der Waals surface area contributed by atoms with E-state index in [2.05, 4.69) is 27.4 Å². The first-order valence-electron chi connectivity index (χ1n) is 9.23. The number of amides is 1. The molecule has 0 bridgehead atoms. The van der Waals surface area contributed by atoms with Crippen LogP contribution in [0.15, 0.2) is 4.99 Å². The van der Waals surface area contributed by atoms with Gasteiger partial charge in [0, 0.05) is 39.1 Å². The van der Waals surface area contributed by atoms with Crippen LogP contribution in [-0.4, -0.2) is 74.0 Å². The fourth-order valence-electron chi connectivity index (χ4n) is 2.86. The molecule has 0 atom stereocenters. The normalized spacial score (nSPS) is 15.7. The molecule has 0 aromatic carbocycles. The third-order valence-electron chi connectivity index (χ3n) is 4.19. The zero-order chi connectivity index (χ0) is 16.9. The maximum atomic E-state index is 12.0. The lowest BCUT2D eigenvalue weighted by atomic mass is 10.3. The molecule has 134 valence electrons. The monoisotopic (exact) mass is 325 g/mol. The van der Waals surface area contributed by atoms with Crippen molar-refractivity contribution in [3.05, 3.63) is 0 Å². The van der Waals surface area contributed by atoms with Gasteiger partial charge in [0.15, 0.2) is 5.96 Å². The van der Waals surface area contributed by atoms with Gasteiger partial charge in [-0.2, -0.15) is 0 Å². The quantitative estimate of drug-likeness (QED) is 0.361. The molecule has 0 saturated carbocycles. The van der Waals surface area contributed by atoms with E-state index in [0.29, 0.717) is 13.0 Å². The average Bonchev–Trinajstić information content (AvgIpc) is 3.06. The van der Waals surface area contributed by atoms with E-state index in [4.69, 9.17) is 0 Å². The molecule has 1 rings (SSSR count). The average molecular weight is 326 g/mol. The molecule has 1 aliphatic rings. The van der Waals surface area contributed by atoms with E-state index in [0.717, 1.165) is 45.1 Å². The summed E-state index contributed by atoms with van der Waals surface area (Å²) in [6.45, 7) is 13.6. The minimum Gasteiger partial charge on any atom is -0.357 e. The van der Waals surface area contributed by atoms with Crippen LogP contribution in [0.1, 0.15) is 46.5 Å². The van der Waals surface area contributed by atoms with Crippen LogP contribution < -0.4 is 10.6 Å². The summed E-state index contributed by atoms with van der Waals surface area (Å²) in [5, 5.41) is 6.50. The van der Waals surface area contributed by atoms with Crippen LogP contribution in [0.4, 0.5) is 0 Å². The Morgan fingerprint density at radius 2 is 1.83 bits per heavy atom. The number of hydrogen-bond donors (Lipinski definition) is 2. The molecule has 1 fully saturated rings. The summed E-state index contributed by atoms with van der Waals surface area (Å²) in [4.78, 5) is 20.9. The fraction of sp³-hybridized carbons (Fsp3) is 0.882. The number of nitrogens with one attached hydrogen (secondary N) is 2. The standard InChI is InChI=1S/C17H35N5O/c1-4-18-17(19-11-9-15-21-13-7-8-14-21)20-12-10-16(23)22(5-2)6-3/h4-15H2,1-3H3,(H2,18,19,20). The summed E-state index contributed by atoms with van der Waals surface area (Å²) in [6.07, 6.45) is 4.29. The van der Waals surface area contributed by atoms with E-state index in [-0.39, 0.29) is 5.91 Å². The number of hydrogen-bond acceptors (Lipinski definition) is 3. The molecule has 0 aliphatic carbocycles. The number of likely N-dealkylation sites (tertiary alicyclic amines) is 1. The Labute approximate surface area is 141 Å². The Morgan fingerprint density at radius 3 is 2.43 bits per heavy atom. The summed E-state index contributed by atoms with van der Waals surface area (Å²) in [5.74, 6) is 1.02. The highest BCUT2D eigenvalue weighted by Crippen LogP contribution is 2.07. The molecule has 1 amide bonds. The van der Waals surface area contributed by atoms with Gasteiger partial charge in [0.1, 0.15) is 0 Å². The lowest BCUT2D eigenvalue weighted by molar-refractivity contribution is -0.130. The van der Waals surface area contributed by atoms with Gasteiger partial charge in [0.2, 0.25) is 5.91 Å². The SMILES string of the molecule is CCNC(=NCCCN1CCCC1)NCCC(=O)N(CC)CC. The van der Waals surface area contributed by atoms with E-state index < -0.39 is 0 Å². The predicted molar refractivity (Wildman–Crippen MR) is 96.8 cm³/mol. The molecule has 6 nitrogen and oxygen atoms in total. The third-order valence-corrected chi connectivity index (χ3v) is 4.19. The molecule has 0 aromatic rings. The molecular formula is C17H35N5O. The zero-order valence-corrected chi connectivity index (χ0v) is 15.2. The molecule has 2 N–H and O–H groups in total. The van der Waals surface area contributed by atoms with Crippen LogP contribution in [0.3, 0.4) is 0 Å². The minimum absolute atomic E-state index is 0.201. The number of carbonyl (C=O) groups excluding carboxylic acids is 1. The number of guanidine groups is 1. The van der Waals surface area contributed by atoms with Gasteiger partial charge in [-0.1, -0.05) is 0 Å². The van der Waals surface area contributed by atoms with Crippen molar-refractivity contribution in [3.63, 3.8) is 0 Å². The summed E-state index contributed by atoms with van der Waals surface area (Å²) in [7, 11) is 0. The minimum atomic E-state index is 0.201. The smallest absolute Gasteiger partial charge is 0.224 e. The number of aliphatic imine (C=N–C) groups is 1. The largest absolute Gasteiger partial charge is 0.357 e. The summed E-state index contributed by atoms with van der Waals surface area (Å²) >= 11 is 0. The molecule has 1 heterocycles. The Balaban J connectivity index is 2.24. The van der Waals surface area contributed by atoms with Gasteiger partial charge in [-0.15, -0.1) is 0 Å². The molecule has 23 heavy (non-hydrogen) atoms. The fourth-order valence-corrected chi connectivity index (χ4v) is 2.86. The van der Waals surface area contributed by atoms with E-state index in [1.165, 1.54) is 25.9 Å². The Kier molecular flexibility index (Phi) is 10.4. The maximum absolute atomic E-state index is 12.0. The Bertz CT molecular complexity index is 349. The molecule has 0 spiro atoms. The van der Waals surface area contributed by atoms with Gasteiger partial charge < -0.3 is 20.4 Å². The first-order chi connectivity index (χ1) is 11.2. The first kappa shape index (κ1) is 19.7. The Hall–Kier alpha value is -1.30. The van der Waals surface area contributed by atoms with Crippen LogP contribution >= 0.6 is 0 Å². The van der Waals surface area contributed by atoms with Crippen LogP contribution in [0.2, 0.25) is 0 Å². The predicted octanol–water partition coefficient (Wildman–Crippen LogP) is 1.29. The van der Waals surface area contributed by atoms with Crippen molar-refractivity contribution in [1.29, 1.82) is 0 Å². The van der Waals surface area contributed by atoms with Crippen LogP contribution in [0.25, 0.3) is 0 Å². The summed E-state index contributed by atoms with van der Waals surface area (Å²) < 4.78 is 0. The van der Waals surface area contributed by atoms with Crippen molar-refractivity contribution in [1.82, 2.24) is 20.4 Å². The van der Waals surface area contributed by atoms with Crippen LogP contribution in [0.5, 0.6) is 0 Å². The van der Waals surface area contributed by atoms with Crippen LogP contribution in [-0.2, 0) is 4.79 Å². The van der Waals surface area contributed by atoms with Crippen LogP contribution in [0, 0.1) is 0 Å². The van der Waals surface area contributed by atoms with Gasteiger partial charge >= 0.3 is 0 Å². The van der Waals surface area contributed by atoms with E-state index in [1.807, 2.05) is 18.7 Å². The number of rotatable bonds is 10. The number of nitrogens with zero attached hydrogens (tertiary/aromatic N) is 3. The zero-order valence-electron chi connectivity index (χ0n) is 15.2. The molecule has 0 aromatic heterocycles. The van der Waals surface area contributed by atoms with Crippen molar-refractivity contribution in [2.45, 2.75) is 46.5 Å². The second-order valence-corrected chi connectivity index (χ2v) is 5.91. The molecule has 6 heteroatoms. The molecule has 1 aliphatic heterocycles. The highest BCUT2D eigenvalue weighted by atomic mass is 16.2.